The van der Waals surface area contributed by atoms with Crippen LogP contribution in [0.4, 0.5) is 5.69 Å². The summed E-state index contributed by atoms with van der Waals surface area (Å²) in [7, 11) is 3.29. The van der Waals surface area contributed by atoms with E-state index >= 15 is 0 Å². The van der Waals surface area contributed by atoms with Crippen molar-refractivity contribution in [3.05, 3.63) is 69.1 Å². The molecule has 1 aliphatic heterocycles. The van der Waals surface area contributed by atoms with Gasteiger partial charge in [0.05, 0.1) is 37.7 Å². The second kappa shape index (κ2) is 8.06. The van der Waals surface area contributed by atoms with Crippen LogP contribution in [-0.2, 0) is 0 Å². The predicted molar refractivity (Wildman–Crippen MR) is 119 cm³/mol. The molecule has 0 aliphatic carbocycles. The van der Waals surface area contributed by atoms with Crippen LogP contribution in [0.3, 0.4) is 0 Å². The molecule has 2 atom stereocenters. The molecule has 1 saturated heterocycles. The summed E-state index contributed by atoms with van der Waals surface area (Å²) in [4.78, 5) is 7.84. The van der Waals surface area contributed by atoms with Gasteiger partial charge in [-0.05, 0) is 58.5 Å². The number of hydrogen-bond acceptors (Lipinski definition) is 5. The van der Waals surface area contributed by atoms with Gasteiger partial charge in [-0.15, -0.1) is 11.3 Å². The molecule has 1 aliphatic rings. The van der Waals surface area contributed by atoms with Gasteiger partial charge in [0.25, 0.3) is 0 Å². The number of thiophene rings is 1. The van der Waals surface area contributed by atoms with Gasteiger partial charge >= 0.3 is 0 Å². The van der Waals surface area contributed by atoms with Crippen LogP contribution in [0.15, 0.2) is 58.5 Å². The van der Waals surface area contributed by atoms with Crippen LogP contribution in [0.25, 0.3) is 0 Å². The maximum Gasteiger partial charge on any atom is 0.174 e. The van der Waals surface area contributed by atoms with Crippen molar-refractivity contribution in [1.82, 2.24) is 10.3 Å². The molecule has 0 spiro atoms. The maximum atomic E-state index is 5.75. The maximum absolute atomic E-state index is 5.75. The summed E-state index contributed by atoms with van der Waals surface area (Å²) in [6.07, 6.45) is 1.80. The van der Waals surface area contributed by atoms with Gasteiger partial charge in [-0.25, -0.2) is 0 Å². The van der Waals surface area contributed by atoms with E-state index in [-0.39, 0.29) is 12.1 Å². The van der Waals surface area contributed by atoms with Crippen molar-refractivity contribution in [3.8, 4) is 11.5 Å². The lowest BCUT2D eigenvalue weighted by atomic mass is 10.0. The second-order valence-electron chi connectivity index (χ2n) is 6.20. The summed E-state index contributed by atoms with van der Waals surface area (Å²) in [6, 6.07) is 13.7. The van der Waals surface area contributed by atoms with E-state index in [9.17, 15) is 0 Å². The first-order valence-electron chi connectivity index (χ1n) is 8.59. The number of hydrogen-bond donors (Lipinski definition) is 1. The number of halogens is 1. The Morgan fingerprint density at radius 2 is 2.04 bits per heavy atom. The number of thiocarbonyl (C=S) groups is 1. The number of pyridine rings is 1. The molecular weight excluding hydrogens is 458 g/mol. The van der Waals surface area contributed by atoms with Gasteiger partial charge in [-0.1, -0.05) is 6.07 Å². The molecule has 0 radical (unpaired) electrons. The molecule has 2 aromatic heterocycles. The number of nitrogens with one attached hydrogen (secondary N) is 1. The largest absolute Gasteiger partial charge is 0.497 e. The monoisotopic (exact) mass is 475 g/mol. The van der Waals surface area contributed by atoms with Crippen molar-refractivity contribution >= 4 is 50.3 Å². The van der Waals surface area contributed by atoms with E-state index in [1.54, 1.807) is 31.8 Å². The van der Waals surface area contributed by atoms with Crippen LogP contribution < -0.4 is 19.7 Å². The first-order chi connectivity index (χ1) is 13.6. The Bertz CT molecular complexity index is 996. The number of ether oxygens (including phenoxy) is 2. The Kier molecular flexibility index (Phi) is 5.52. The van der Waals surface area contributed by atoms with Crippen LogP contribution in [0, 0.1) is 0 Å². The summed E-state index contributed by atoms with van der Waals surface area (Å²) in [6.45, 7) is 0. The SMILES string of the molecule is COc1ccc(N2C(=S)N[C@H](c3ccccn3)[C@H]2c2cc(Br)cs2)c(OC)c1. The summed E-state index contributed by atoms with van der Waals surface area (Å²) < 4.78 is 12.0. The molecule has 1 aromatic carbocycles. The van der Waals surface area contributed by atoms with Gasteiger partial charge in [0, 0.05) is 27.0 Å². The highest BCUT2D eigenvalue weighted by Gasteiger charge is 2.42. The van der Waals surface area contributed by atoms with Crippen LogP contribution >= 0.6 is 39.5 Å². The van der Waals surface area contributed by atoms with Crippen LogP contribution in [-0.4, -0.2) is 24.3 Å². The van der Waals surface area contributed by atoms with E-state index in [1.165, 1.54) is 4.88 Å². The lowest BCUT2D eigenvalue weighted by Crippen LogP contribution is -2.29. The summed E-state index contributed by atoms with van der Waals surface area (Å²) in [5, 5.41) is 6.17. The number of rotatable bonds is 5. The Morgan fingerprint density at radius 3 is 2.68 bits per heavy atom. The Hall–Kier alpha value is -2.16. The van der Waals surface area contributed by atoms with Gasteiger partial charge in [0.15, 0.2) is 5.11 Å². The van der Waals surface area contributed by atoms with Crippen molar-refractivity contribution in [3.63, 3.8) is 0 Å². The van der Waals surface area contributed by atoms with Crippen molar-refractivity contribution in [2.75, 3.05) is 19.1 Å². The van der Waals surface area contributed by atoms with Gasteiger partial charge < -0.3 is 19.7 Å². The van der Waals surface area contributed by atoms with E-state index in [0.717, 1.165) is 21.6 Å². The molecule has 4 rings (SSSR count). The zero-order valence-corrected chi connectivity index (χ0v) is 18.5. The minimum Gasteiger partial charge on any atom is -0.497 e. The predicted octanol–water partition coefficient (Wildman–Crippen LogP) is 5.10. The molecule has 0 amide bonds. The molecule has 0 bridgehead atoms. The average Bonchev–Trinajstić information content (AvgIpc) is 3.30. The minimum absolute atomic E-state index is 0.0546. The number of methoxy groups -OCH3 is 2. The Morgan fingerprint density at radius 1 is 1.18 bits per heavy atom. The zero-order valence-electron chi connectivity index (χ0n) is 15.3. The van der Waals surface area contributed by atoms with Crippen molar-refractivity contribution in [1.29, 1.82) is 0 Å². The quantitative estimate of drug-likeness (QED) is 0.517. The van der Waals surface area contributed by atoms with Gasteiger partial charge in [-0.3, -0.25) is 4.98 Å². The van der Waals surface area contributed by atoms with Crippen LogP contribution in [0.1, 0.15) is 22.7 Å². The minimum atomic E-state index is -0.0777. The highest BCUT2D eigenvalue weighted by Crippen LogP contribution is 2.47. The van der Waals surface area contributed by atoms with Crippen molar-refractivity contribution < 1.29 is 9.47 Å². The van der Waals surface area contributed by atoms with Gasteiger partial charge in [-0.2, -0.15) is 0 Å². The fourth-order valence-electron chi connectivity index (χ4n) is 3.37. The lowest BCUT2D eigenvalue weighted by molar-refractivity contribution is 0.394. The molecule has 3 heterocycles. The Labute approximate surface area is 181 Å². The molecule has 8 heteroatoms. The fraction of sp³-hybridized carbons (Fsp3) is 0.200. The number of aromatic nitrogens is 1. The fourth-order valence-corrected chi connectivity index (χ4v) is 5.28. The zero-order chi connectivity index (χ0) is 19.7. The molecule has 1 N–H and O–H groups in total. The Balaban J connectivity index is 1.84. The molecule has 0 saturated carbocycles. The first-order valence-corrected chi connectivity index (χ1v) is 10.7. The normalized spacial score (nSPS) is 18.8. The average molecular weight is 476 g/mol. The highest BCUT2D eigenvalue weighted by atomic mass is 79.9. The van der Waals surface area contributed by atoms with Crippen LogP contribution in [0.2, 0.25) is 0 Å². The molecule has 28 heavy (non-hydrogen) atoms. The molecule has 0 unspecified atom stereocenters. The van der Waals surface area contributed by atoms with E-state index in [1.807, 2.05) is 36.4 Å². The van der Waals surface area contributed by atoms with Gasteiger partial charge in [0.1, 0.15) is 11.5 Å². The third-order valence-corrected chi connectivity index (χ3v) is 6.70. The highest BCUT2D eigenvalue weighted by molar-refractivity contribution is 9.10. The van der Waals surface area contributed by atoms with E-state index < -0.39 is 0 Å². The van der Waals surface area contributed by atoms with Crippen molar-refractivity contribution in [2.45, 2.75) is 12.1 Å². The second-order valence-corrected chi connectivity index (χ2v) is 8.45. The standard InChI is InChI=1S/C20H18BrN3O2S2/c1-25-13-6-7-15(16(10-13)26-2)24-19(17-9-12(21)11-28-17)18(23-20(24)27)14-5-3-4-8-22-14/h3-11,18-19H,1-2H3,(H,23,27)/t18-,19-/m1/s1. The lowest BCUT2D eigenvalue weighted by Gasteiger charge is -2.28. The molecule has 1 fully saturated rings. The third-order valence-electron chi connectivity index (χ3n) is 4.62. The van der Waals surface area contributed by atoms with Crippen LogP contribution in [0.5, 0.6) is 11.5 Å². The summed E-state index contributed by atoms with van der Waals surface area (Å²) in [5.74, 6) is 1.43. The number of anilines is 1. The summed E-state index contributed by atoms with van der Waals surface area (Å²) in [5.41, 5.74) is 1.82. The van der Waals surface area contributed by atoms with Gasteiger partial charge in [0.2, 0.25) is 0 Å². The number of benzene rings is 1. The smallest absolute Gasteiger partial charge is 0.174 e. The van der Waals surface area contributed by atoms with E-state index in [4.69, 9.17) is 21.7 Å². The molecular formula is C20H18BrN3O2S2. The topological polar surface area (TPSA) is 46.6 Å². The van der Waals surface area contributed by atoms with E-state index in [0.29, 0.717) is 10.9 Å². The number of nitrogens with zero attached hydrogens (tertiary/aromatic N) is 2. The third kappa shape index (κ3) is 3.47. The van der Waals surface area contributed by atoms with Crippen molar-refractivity contribution in [2.24, 2.45) is 0 Å². The molecule has 144 valence electrons. The van der Waals surface area contributed by atoms with E-state index in [2.05, 4.69) is 42.6 Å². The first kappa shape index (κ1) is 19.2. The summed E-state index contributed by atoms with van der Waals surface area (Å²) >= 11 is 11.0. The molecule has 5 nitrogen and oxygen atoms in total. The molecule has 3 aromatic rings.